The summed E-state index contributed by atoms with van der Waals surface area (Å²) in [7, 11) is 0. The highest BCUT2D eigenvalue weighted by molar-refractivity contribution is 6.08. The Labute approximate surface area is 166 Å². The lowest BCUT2D eigenvalue weighted by molar-refractivity contribution is -0.130. The van der Waals surface area contributed by atoms with E-state index in [9.17, 15) is 14.4 Å². The number of benzene rings is 2. The minimum Gasteiger partial charge on any atom is -0.361 e. The van der Waals surface area contributed by atoms with Gasteiger partial charge in [0.2, 0.25) is 5.91 Å². The minimum atomic E-state index is -0.726. The third-order valence-corrected chi connectivity index (χ3v) is 4.78. The first-order chi connectivity index (χ1) is 14.0. The maximum atomic E-state index is 12.7. The van der Waals surface area contributed by atoms with Crippen LogP contribution in [-0.2, 0) is 16.0 Å². The molecule has 1 aromatic heterocycles. The molecule has 0 saturated carbocycles. The number of anilines is 1. The van der Waals surface area contributed by atoms with Crippen molar-refractivity contribution in [2.45, 2.75) is 12.5 Å². The molecule has 2 heterocycles. The van der Waals surface area contributed by atoms with Crippen molar-refractivity contribution in [2.24, 2.45) is 0 Å². The maximum absolute atomic E-state index is 12.7. The Hall–Kier alpha value is -4.12. The second-order valence-corrected chi connectivity index (χ2v) is 6.73. The largest absolute Gasteiger partial charge is 0.361 e. The van der Waals surface area contributed by atoms with Crippen LogP contribution in [0.3, 0.4) is 0 Å². The number of imide groups is 1. The van der Waals surface area contributed by atoms with Crippen LogP contribution in [-0.4, -0.2) is 40.3 Å². The Bertz CT molecular complexity index is 1160. The Balaban J connectivity index is 1.42. The number of aromatic nitrogens is 1. The number of fused-ring (bicyclic) bond motifs is 1. The number of nitrogens with zero attached hydrogens (tertiary/aromatic N) is 2. The van der Waals surface area contributed by atoms with Crippen molar-refractivity contribution in [3.8, 4) is 6.07 Å². The van der Waals surface area contributed by atoms with E-state index in [1.165, 1.54) is 6.07 Å². The van der Waals surface area contributed by atoms with Gasteiger partial charge in [-0.15, -0.1) is 0 Å². The van der Waals surface area contributed by atoms with Gasteiger partial charge in [0.15, 0.2) is 0 Å². The first-order valence-electron chi connectivity index (χ1n) is 9.02. The molecule has 4 amide bonds. The standard InChI is InChI=1S/C21H17N5O3/c22-10-13-4-3-5-15(8-13)24-19(27)12-26-20(28)18(25-21(26)29)9-14-11-23-17-7-2-1-6-16(14)17/h1-8,11,18,23H,9,12H2,(H,24,27)(H,25,29)/t18-/m0/s1. The van der Waals surface area contributed by atoms with E-state index >= 15 is 0 Å². The van der Waals surface area contributed by atoms with Crippen molar-refractivity contribution in [3.05, 3.63) is 65.9 Å². The second kappa shape index (κ2) is 7.48. The number of rotatable bonds is 5. The fourth-order valence-electron chi connectivity index (χ4n) is 3.40. The average molecular weight is 387 g/mol. The topological polar surface area (TPSA) is 118 Å². The number of urea groups is 1. The van der Waals surface area contributed by atoms with Gasteiger partial charge in [-0.3, -0.25) is 14.5 Å². The summed E-state index contributed by atoms with van der Waals surface area (Å²) < 4.78 is 0. The van der Waals surface area contributed by atoms with Crippen LogP contribution in [0.4, 0.5) is 10.5 Å². The van der Waals surface area contributed by atoms with Crippen molar-refractivity contribution in [1.29, 1.82) is 5.26 Å². The lowest BCUT2D eigenvalue weighted by atomic mass is 10.1. The van der Waals surface area contributed by atoms with E-state index in [-0.39, 0.29) is 0 Å². The lowest BCUT2D eigenvalue weighted by Crippen LogP contribution is -2.38. The fourth-order valence-corrected chi connectivity index (χ4v) is 3.40. The lowest BCUT2D eigenvalue weighted by Gasteiger charge is -2.13. The number of aromatic amines is 1. The Morgan fingerprint density at radius 3 is 2.83 bits per heavy atom. The van der Waals surface area contributed by atoms with Gasteiger partial charge in [-0.05, 0) is 29.8 Å². The predicted octanol–water partition coefficient (Wildman–Crippen LogP) is 2.14. The number of hydrogen-bond donors (Lipinski definition) is 3. The van der Waals surface area contributed by atoms with Crippen LogP contribution >= 0.6 is 0 Å². The molecule has 3 aromatic rings. The van der Waals surface area contributed by atoms with Gasteiger partial charge in [-0.2, -0.15) is 5.26 Å². The molecular formula is C21H17N5O3. The predicted molar refractivity (Wildman–Crippen MR) is 106 cm³/mol. The summed E-state index contributed by atoms with van der Waals surface area (Å²) >= 11 is 0. The number of H-pyrrole nitrogens is 1. The molecule has 8 heteroatoms. The van der Waals surface area contributed by atoms with E-state index in [4.69, 9.17) is 5.26 Å². The fraction of sp³-hybridized carbons (Fsp3) is 0.143. The molecule has 0 radical (unpaired) electrons. The number of hydrogen-bond acceptors (Lipinski definition) is 4. The summed E-state index contributed by atoms with van der Waals surface area (Å²) in [6.45, 7) is -0.397. The van der Waals surface area contributed by atoms with Gasteiger partial charge in [-0.25, -0.2) is 4.79 Å². The van der Waals surface area contributed by atoms with Gasteiger partial charge >= 0.3 is 6.03 Å². The van der Waals surface area contributed by atoms with E-state index in [0.29, 0.717) is 17.7 Å². The van der Waals surface area contributed by atoms with Crippen LogP contribution in [0.15, 0.2) is 54.7 Å². The summed E-state index contributed by atoms with van der Waals surface area (Å²) in [5.74, 6) is -0.961. The summed E-state index contributed by atoms with van der Waals surface area (Å²) in [6, 6.07) is 14.8. The van der Waals surface area contributed by atoms with Gasteiger partial charge in [-0.1, -0.05) is 24.3 Å². The number of nitrogens with one attached hydrogen (secondary N) is 3. The summed E-state index contributed by atoms with van der Waals surface area (Å²) in [5.41, 5.74) is 2.70. The number of carbonyl (C=O) groups is 3. The third-order valence-electron chi connectivity index (χ3n) is 4.78. The van der Waals surface area contributed by atoms with Gasteiger partial charge in [0.1, 0.15) is 12.6 Å². The van der Waals surface area contributed by atoms with Crippen molar-refractivity contribution >= 4 is 34.4 Å². The SMILES string of the molecule is N#Cc1cccc(NC(=O)CN2C(=O)N[C@@H](Cc3c[nH]c4ccccc34)C2=O)c1. The molecule has 1 aliphatic heterocycles. The van der Waals surface area contributed by atoms with Gasteiger partial charge in [0, 0.05) is 29.2 Å². The van der Waals surface area contributed by atoms with Crippen molar-refractivity contribution in [2.75, 3.05) is 11.9 Å². The molecule has 29 heavy (non-hydrogen) atoms. The van der Waals surface area contributed by atoms with E-state index in [2.05, 4.69) is 15.6 Å². The van der Waals surface area contributed by atoms with Gasteiger partial charge in [0.05, 0.1) is 11.6 Å². The smallest absolute Gasteiger partial charge is 0.325 e. The zero-order chi connectivity index (χ0) is 20.4. The van der Waals surface area contributed by atoms with Crippen LogP contribution in [0.25, 0.3) is 10.9 Å². The summed E-state index contributed by atoms with van der Waals surface area (Å²) in [4.78, 5) is 41.2. The highest BCUT2D eigenvalue weighted by Crippen LogP contribution is 2.21. The molecule has 1 atom stereocenters. The second-order valence-electron chi connectivity index (χ2n) is 6.73. The van der Waals surface area contributed by atoms with E-state index in [1.54, 1.807) is 18.2 Å². The average Bonchev–Trinajstić information content (AvgIpc) is 3.24. The van der Waals surface area contributed by atoms with Crippen molar-refractivity contribution in [1.82, 2.24) is 15.2 Å². The highest BCUT2D eigenvalue weighted by Gasteiger charge is 2.39. The van der Waals surface area contributed by atoms with Gasteiger partial charge < -0.3 is 15.6 Å². The zero-order valence-corrected chi connectivity index (χ0v) is 15.3. The number of amides is 4. The quantitative estimate of drug-likeness (QED) is 0.581. The molecule has 1 fully saturated rings. The highest BCUT2D eigenvalue weighted by atomic mass is 16.2. The summed E-state index contributed by atoms with van der Waals surface area (Å²) in [6.07, 6.45) is 2.15. The summed E-state index contributed by atoms with van der Waals surface area (Å²) in [5, 5.41) is 15.2. The molecule has 3 N–H and O–H groups in total. The number of carbonyl (C=O) groups excluding carboxylic acids is 3. The van der Waals surface area contributed by atoms with E-state index < -0.39 is 30.4 Å². The van der Waals surface area contributed by atoms with Crippen LogP contribution in [0, 0.1) is 11.3 Å². The number of nitriles is 1. The van der Waals surface area contributed by atoms with Crippen LogP contribution in [0.2, 0.25) is 0 Å². The molecule has 8 nitrogen and oxygen atoms in total. The normalized spacial score (nSPS) is 16.0. The molecule has 1 saturated heterocycles. The molecule has 0 aliphatic carbocycles. The minimum absolute atomic E-state index is 0.330. The molecule has 1 aliphatic rings. The van der Waals surface area contributed by atoms with Crippen LogP contribution in [0.1, 0.15) is 11.1 Å². The molecule has 2 aromatic carbocycles. The van der Waals surface area contributed by atoms with Gasteiger partial charge in [0.25, 0.3) is 5.91 Å². The zero-order valence-electron chi connectivity index (χ0n) is 15.3. The molecule has 0 bridgehead atoms. The van der Waals surface area contributed by atoms with Crippen LogP contribution in [0.5, 0.6) is 0 Å². The Kier molecular flexibility index (Phi) is 4.71. The molecule has 144 valence electrons. The van der Waals surface area contributed by atoms with Crippen molar-refractivity contribution in [3.63, 3.8) is 0 Å². The first kappa shape index (κ1) is 18.3. The van der Waals surface area contributed by atoms with E-state index in [1.807, 2.05) is 36.5 Å². The van der Waals surface area contributed by atoms with Crippen molar-refractivity contribution < 1.29 is 14.4 Å². The molecular weight excluding hydrogens is 370 g/mol. The Morgan fingerprint density at radius 1 is 1.17 bits per heavy atom. The maximum Gasteiger partial charge on any atom is 0.325 e. The monoisotopic (exact) mass is 387 g/mol. The first-order valence-corrected chi connectivity index (χ1v) is 9.02. The molecule has 0 spiro atoms. The Morgan fingerprint density at radius 2 is 2.00 bits per heavy atom. The molecule has 0 unspecified atom stereocenters. The molecule has 4 rings (SSSR count). The van der Waals surface area contributed by atoms with Crippen LogP contribution < -0.4 is 10.6 Å². The van der Waals surface area contributed by atoms with E-state index in [0.717, 1.165) is 21.4 Å². The third kappa shape index (κ3) is 3.66. The number of para-hydroxylation sites is 1.